The van der Waals surface area contributed by atoms with Crippen LogP contribution in [0.1, 0.15) is 11.5 Å². The molecule has 0 unspecified atom stereocenters. The van der Waals surface area contributed by atoms with Crippen LogP contribution in [0.3, 0.4) is 0 Å². The third-order valence-electron chi connectivity index (χ3n) is 1.97. The van der Waals surface area contributed by atoms with E-state index in [1.807, 2.05) is 18.4 Å². The van der Waals surface area contributed by atoms with E-state index in [2.05, 4.69) is 5.32 Å². The van der Waals surface area contributed by atoms with Crippen LogP contribution in [0, 0.1) is 0 Å². The van der Waals surface area contributed by atoms with Crippen LogP contribution >= 0.6 is 11.8 Å². The molecule has 3 nitrogen and oxygen atoms in total. The lowest BCUT2D eigenvalue weighted by Crippen LogP contribution is -2.20. The summed E-state index contributed by atoms with van der Waals surface area (Å²) < 4.78 is 33.7. The number of ether oxygens (including phenoxy) is 1. The van der Waals surface area contributed by atoms with E-state index in [-0.39, 0.29) is 6.61 Å². The summed E-state index contributed by atoms with van der Waals surface area (Å²) in [5.74, 6) is 2.66. The van der Waals surface area contributed by atoms with Crippen molar-refractivity contribution in [2.75, 3.05) is 26.0 Å². The van der Waals surface area contributed by atoms with Gasteiger partial charge in [-0.3, -0.25) is 0 Å². The lowest BCUT2D eigenvalue weighted by molar-refractivity contribution is 0.0186. The van der Waals surface area contributed by atoms with Crippen LogP contribution in [0.2, 0.25) is 0 Å². The molecule has 0 spiro atoms. The van der Waals surface area contributed by atoms with Crippen LogP contribution in [-0.2, 0) is 17.0 Å². The van der Waals surface area contributed by atoms with Crippen LogP contribution in [-0.4, -0.2) is 32.4 Å². The van der Waals surface area contributed by atoms with Crippen LogP contribution in [0.5, 0.6) is 0 Å². The number of hydrogen-bond acceptors (Lipinski definition) is 4. The Morgan fingerprint density at radius 2 is 2.18 bits per heavy atom. The summed E-state index contributed by atoms with van der Waals surface area (Å²) in [5.41, 5.74) is 0. The van der Waals surface area contributed by atoms with Crippen molar-refractivity contribution < 1.29 is 17.9 Å². The molecule has 1 rings (SSSR count). The van der Waals surface area contributed by atoms with Gasteiger partial charge in [-0.05, 0) is 18.4 Å². The Morgan fingerprint density at radius 1 is 1.41 bits per heavy atom. The van der Waals surface area contributed by atoms with Crippen molar-refractivity contribution in [2.45, 2.75) is 18.7 Å². The normalized spacial score (nSPS) is 11.3. The highest BCUT2D eigenvalue weighted by atomic mass is 32.2. The molecule has 1 aromatic heterocycles. The Hall–Kier alpha value is -0.590. The molecule has 0 fully saturated rings. The van der Waals surface area contributed by atoms with E-state index in [0.29, 0.717) is 13.1 Å². The summed E-state index contributed by atoms with van der Waals surface area (Å²) in [7, 11) is 0. The number of thioether (sulfide) groups is 1. The van der Waals surface area contributed by atoms with Gasteiger partial charge in [-0.2, -0.15) is 11.8 Å². The van der Waals surface area contributed by atoms with Crippen molar-refractivity contribution in [3.63, 3.8) is 0 Å². The zero-order valence-corrected chi connectivity index (χ0v) is 10.6. The predicted octanol–water partition coefficient (Wildman–Crippen LogP) is 2.51. The quantitative estimate of drug-likeness (QED) is 0.696. The minimum Gasteiger partial charge on any atom is -0.464 e. The standard InChI is InChI=1S/C11H17F2NO2S/c1-17-8-10-3-2-9(16-10)6-14-4-5-15-7-11(12)13/h2-3,11,14H,4-8H2,1H3. The van der Waals surface area contributed by atoms with E-state index in [1.54, 1.807) is 11.8 Å². The maximum absolute atomic E-state index is 11.7. The van der Waals surface area contributed by atoms with E-state index in [4.69, 9.17) is 9.15 Å². The third-order valence-corrected chi connectivity index (χ3v) is 2.54. The minimum absolute atomic E-state index is 0.280. The molecule has 0 aromatic carbocycles. The Kier molecular flexibility index (Phi) is 7.23. The maximum Gasteiger partial charge on any atom is 0.261 e. The average molecular weight is 265 g/mol. The number of alkyl halides is 2. The first-order valence-corrected chi connectivity index (χ1v) is 6.75. The summed E-state index contributed by atoms with van der Waals surface area (Å²) in [6.45, 7) is 0.903. The van der Waals surface area contributed by atoms with Crippen molar-refractivity contribution in [3.05, 3.63) is 23.7 Å². The molecule has 1 aromatic rings. The predicted molar refractivity (Wildman–Crippen MR) is 64.5 cm³/mol. The fourth-order valence-electron chi connectivity index (χ4n) is 1.27. The highest BCUT2D eigenvalue weighted by Crippen LogP contribution is 2.12. The van der Waals surface area contributed by atoms with Gasteiger partial charge in [-0.25, -0.2) is 8.78 Å². The lowest BCUT2D eigenvalue weighted by Gasteiger charge is -2.04. The molecule has 6 heteroatoms. The van der Waals surface area contributed by atoms with Crippen molar-refractivity contribution >= 4 is 11.8 Å². The molecule has 1 N–H and O–H groups in total. The van der Waals surface area contributed by atoms with Gasteiger partial charge in [0.15, 0.2) is 0 Å². The number of rotatable bonds is 9. The van der Waals surface area contributed by atoms with E-state index < -0.39 is 13.0 Å². The molecule has 0 atom stereocenters. The van der Waals surface area contributed by atoms with E-state index >= 15 is 0 Å². The van der Waals surface area contributed by atoms with Gasteiger partial charge in [0.05, 0.1) is 18.9 Å². The van der Waals surface area contributed by atoms with Gasteiger partial charge in [0, 0.05) is 6.54 Å². The largest absolute Gasteiger partial charge is 0.464 e. The second kappa shape index (κ2) is 8.49. The lowest BCUT2D eigenvalue weighted by atomic mass is 10.4. The Morgan fingerprint density at radius 3 is 2.88 bits per heavy atom. The van der Waals surface area contributed by atoms with Gasteiger partial charge in [-0.15, -0.1) is 0 Å². The monoisotopic (exact) mass is 265 g/mol. The Labute approximate surface area is 104 Å². The third kappa shape index (κ3) is 6.65. The Bertz CT molecular complexity index is 307. The van der Waals surface area contributed by atoms with Gasteiger partial charge in [-0.1, -0.05) is 0 Å². The molecule has 0 bridgehead atoms. The van der Waals surface area contributed by atoms with Crippen molar-refractivity contribution in [3.8, 4) is 0 Å². The summed E-state index contributed by atoms with van der Waals surface area (Å²) in [6.07, 6.45) is -0.380. The molecule has 0 radical (unpaired) electrons. The molecular weight excluding hydrogens is 248 g/mol. The molecule has 0 aliphatic rings. The van der Waals surface area contributed by atoms with Gasteiger partial charge in [0.1, 0.15) is 18.1 Å². The van der Waals surface area contributed by atoms with Gasteiger partial charge < -0.3 is 14.5 Å². The molecular formula is C11H17F2NO2S. The number of halogens is 2. The molecule has 0 saturated heterocycles. The van der Waals surface area contributed by atoms with Gasteiger partial charge in [0.25, 0.3) is 6.43 Å². The molecule has 0 saturated carbocycles. The summed E-state index contributed by atoms with van der Waals surface area (Å²) >= 11 is 1.70. The van der Waals surface area contributed by atoms with Crippen molar-refractivity contribution in [1.82, 2.24) is 5.32 Å². The van der Waals surface area contributed by atoms with Gasteiger partial charge in [0.2, 0.25) is 0 Å². The first-order chi connectivity index (χ1) is 8.22. The number of furan rings is 1. The second-order valence-corrected chi connectivity index (χ2v) is 4.31. The fraction of sp³-hybridized carbons (Fsp3) is 0.636. The SMILES string of the molecule is CSCc1ccc(CNCCOCC(F)F)o1. The number of hydrogen-bond donors (Lipinski definition) is 1. The summed E-state index contributed by atoms with van der Waals surface area (Å²) in [5, 5.41) is 3.06. The molecule has 0 amide bonds. The fourth-order valence-corrected chi connectivity index (χ4v) is 1.71. The van der Waals surface area contributed by atoms with Crippen LogP contribution in [0.25, 0.3) is 0 Å². The summed E-state index contributed by atoms with van der Waals surface area (Å²) in [4.78, 5) is 0. The highest BCUT2D eigenvalue weighted by molar-refractivity contribution is 7.97. The smallest absolute Gasteiger partial charge is 0.261 e. The molecule has 98 valence electrons. The summed E-state index contributed by atoms with van der Waals surface area (Å²) in [6, 6.07) is 3.86. The van der Waals surface area contributed by atoms with Crippen molar-refractivity contribution in [1.29, 1.82) is 0 Å². The first kappa shape index (κ1) is 14.5. The highest BCUT2D eigenvalue weighted by Gasteiger charge is 2.02. The topological polar surface area (TPSA) is 34.4 Å². The maximum atomic E-state index is 11.7. The van der Waals surface area contributed by atoms with Crippen LogP contribution in [0.15, 0.2) is 16.5 Å². The van der Waals surface area contributed by atoms with Crippen LogP contribution in [0.4, 0.5) is 8.78 Å². The Balaban J connectivity index is 2.05. The van der Waals surface area contributed by atoms with Crippen molar-refractivity contribution in [2.24, 2.45) is 0 Å². The zero-order chi connectivity index (χ0) is 12.5. The first-order valence-electron chi connectivity index (χ1n) is 5.35. The average Bonchev–Trinajstić information content (AvgIpc) is 2.71. The van der Waals surface area contributed by atoms with Crippen LogP contribution < -0.4 is 5.32 Å². The zero-order valence-electron chi connectivity index (χ0n) is 9.75. The number of nitrogens with one attached hydrogen (secondary N) is 1. The second-order valence-electron chi connectivity index (χ2n) is 3.44. The van der Waals surface area contributed by atoms with Gasteiger partial charge >= 0.3 is 0 Å². The van der Waals surface area contributed by atoms with E-state index in [1.165, 1.54) is 0 Å². The molecule has 0 aliphatic carbocycles. The van der Waals surface area contributed by atoms with E-state index in [9.17, 15) is 8.78 Å². The van der Waals surface area contributed by atoms with E-state index in [0.717, 1.165) is 17.3 Å². The molecule has 17 heavy (non-hydrogen) atoms. The minimum atomic E-state index is -2.39. The molecule has 1 heterocycles. The molecule has 0 aliphatic heterocycles.